The summed E-state index contributed by atoms with van der Waals surface area (Å²) < 4.78 is 28.3. The van der Waals surface area contributed by atoms with Crippen molar-refractivity contribution < 1.29 is 26.4 Å². The van der Waals surface area contributed by atoms with Crippen molar-refractivity contribution in [3.63, 3.8) is 0 Å². The molecule has 1 heterocycles. The van der Waals surface area contributed by atoms with E-state index >= 15 is 0 Å². The van der Waals surface area contributed by atoms with Crippen LogP contribution >= 0.6 is 11.6 Å². The minimum atomic E-state index is -4.33. The molecule has 1 aromatic rings. The molecule has 2 atom stereocenters. The number of quaternary nitrogens is 1. The van der Waals surface area contributed by atoms with Gasteiger partial charge in [-0.1, -0.05) is 23.7 Å². The Labute approximate surface area is 135 Å². The SMILES string of the molecule is CC(C)(C)[N+]1(C(=O)[O-])[C@@H](Cc2ccc(Cl)cc2)COS1(=O)=O. The first-order valence-electron chi connectivity index (χ1n) is 6.77. The number of carbonyl (C=O) groups excluding carboxylic acids is 1. The molecule has 2 rings (SSSR count). The Morgan fingerprint density at radius 3 is 2.36 bits per heavy atom. The molecule has 0 saturated carbocycles. The summed E-state index contributed by atoms with van der Waals surface area (Å²) in [6.45, 7) is 4.44. The highest BCUT2D eigenvalue weighted by Crippen LogP contribution is 2.40. The molecule has 6 nitrogen and oxygen atoms in total. The van der Waals surface area contributed by atoms with E-state index in [0.29, 0.717) is 5.02 Å². The van der Waals surface area contributed by atoms with E-state index in [2.05, 4.69) is 0 Å². The van der Waals surface area contributed by atoms with Gasteiger partial charge in [-0.05, 0) is 38.5 Å². The number of halogens is 1. The van der Waals surface area contributed by atoms with Crippen molar-refractivity contribution in [2.75, 3.05) is 6.61 Å². The van der Waals surface area contributed by atoms with Crippen LogP contribution in [-0.2, 0) is 20.9 Å². The predicted octanol–water partition coefficient (Wildman–Crippen LogP) is 1.48. The molecule has 1 aliphatic rings. The fraction of sp³-hybridized carbons (Fsp3) is 0.500. The molecule has 0 aliphatic carbocycles. The monoisotopic (exact) mass is 347 g/mol. The zero-order valence-electron chi connectivity index (χ0n) is 12.6. The fourth-order valence-corrected chi connectivity index (χ4v) is 4.99. The maximum atomic E-state index is 12.3. The second-order valence-corrected chi connectivity index (χ2v) is 8.39. The van der Waals surface area contributed by atoms with E-state index in [-0.39, 0.29) is 13.0 Å². The maximum absolute atomic E-state index is 12.3. The maximum Gasteiger partial charge on any atom is 0.442 e. The zero-order valence-corrected chi connectivity index (χ0v) is 14.1. The average Bonchev–Trinajstić information content (AvgIpc) is 2.63. The van der Waals surface area contributed by atoms with Crippen molar-refractivity contribution in [1.82, 2.24) is 0 Å². The number of hydrogen-bond donors (Lipinski definition) is 0. The summed E-state index contributed by atoms with van der Waals surface area (Å²) in [7, 11) is -4.33. The number of nitrogens with zero attached hydrogens (tertiary/aromatic N) is 1. The molecule has 0 N–H and O–H groups in total. The minimum absolute atomic E-state index is 0.198. The van der Waals surface area contributed by atoms with Gasteiger partial charge in [0.15, 0.2) is 0 Å². The molecule has 22 heavy (non-hydrogen) atoms. The fourth-order valence-electron chi connectivity index (χ4n) is 3.01. The highest BCUT2D eigenvalue weighted by Gasteiger charge is 2.64. The van der Waals surface area contributed by atoms with E-state index < -0.39 is 31.9 Å². The van der Waals surface area contributed by atoms with Gasteiger partial charge in [-0.25, -0.2) is 4.18 Å². The Morgan fingerprint density at radius 2 is 1.91 bits per heavy atom. The Hall–Kier alpha value is -1.15. The first-order valence-corrected chi connectivity index (χ1v) is 8.51. The molecule has 1 aromatic carbocycles. The molecule has 0 radical (unpaired) electrons. The molecule has 1 aliphatic heterocycles. The van der Waals surface area contributed by atoms with Crippen LogP contribution in [0.1, 0.15) is 26.3 Å². The van der Waals surface area contributed by atoms with E-state index in [1.165, 1.54) is 0 Å². The van der Waals surface area contributed by atoms with Gasteiger partial charge < -0.3 is 9.90 Å². The van der Waals surface area contributed by atoms with Gasteiger partial charge in [0.25, 0.3) is 6.09 Å². The van der Waals surface area contributed by atoms with Gasteiger partial charge in [-0.3, -0.25) is 0 Å². The standard InChI is InChI=1S/C14H18ClNO5S/c1-14(2,3)16(13(17)18)12(9-21-22(16,19)20)8-10-4-6-11(15)7-5-10/h4-7,12H,8-9H2,1-3H3/t12-,16?/m0/s1. The smallest absolute Gasteiger partial charge is 0.442 e. The highest BCUT2D eigenvalue weighted by molar-refractivity contribution is 7.81. The van der Waals surface area contributed by atoms with Crippen molar-refractivity contribution in [2.24, 2.45) is 0 Å². The summed E-state index contributed by atoms with van der Waals surface area (Å²) in [4.78, 5) is 11.8. The summed E-state index contributed by atoms with van der Waals surface area (Å²) >= 11 is 5.82. The van der Waals surface area contributed by atoms with Gasteiger partial charge in [0.2, 0.25) is 0 Å². The Morgan fingerprint density at radius 1 is 1.36 bits per heavy atom. The molecule has 0 aromatic heterocycles. The lowest BCUT2D eigenvalue weighted by Gasteiger charge is -2.44. The molecular weight excluding hydrogens is 330 g/mol. The first-order chi connectivity index (χ1) is 10.0. The molecule has 1 unspecified atom stereocenters. The van der Waals surface area contributed by atoms with Crippen molar-refractivity contribution >= 4 is 28.0 Å². The van der Waals surface area contributed by atoms with Crippen molar-refractivity contribution in [1.29, 1.82) is 0 Å². The molecule has 1 saturated heterocycles. The van der Waals surface area contributed by atoms with Crippen LogP contribution in [0.3, 0.4) is 0 Å². The molecule has 0 bridgehead atoms. The lowest BCUT2D eigenvalue weighted by atomic mass is 9.99. The largest absolute Gasteiger partial charge is 0.497 e. The van der Waals surface area contributed by atoms with Crippen LogP contribution in [0.5, 0.6) is 0 Å². The molecule has 8 heteroatoms. The summed E-state index contributed by atoms with van der Waals surface area (Å²) in [5, 5.41) is 12.4. The average molecular weight is 348 g/mol. The van der Waals surface area contributed by atoms with Crippen LogP contribution in [0.2, 0.25) is 5.02 Å². The normalized spacial score (nSPS) is 27.7. The lowest BCUT2D eigenvalue weighted by Crippen LogP contribution is -2.72. The van der Waals surface area contributed by atoms with E-state index in [1.807, 2.05) is 0 Å². The van der Waals surface area contributed by atoms with E-state index in [1.54, 1.807) is 45.0 Å². The molecule has 122 valence electrons. The minimum Gasteiger partial charge on any atom is -0.497 e. The van der Waals surface area contributed by atoms with Crippen molar-refractivity contribution in [3.8, 4) is 0 Å². The Kier molecular flexibility index (Phi) is 4.29. The van der Waals surface area contributed by atoms with Crippen LogP contribution in [0.25, 0.3) is 0 Å². The number of carboxylic acid groups (broad SMARTS) is 1. The summed E-state index contributed by atoms with van der Waals surface area (Å²) in [6.07, 6.45) is -1.45. The summed E-state index contributed by atoms with van der Waals surface area (Å²) in [6, 6.07) is 6.02. The first kappa shape index (κ1) is 17.2. The Bertz CT molecular complexity index is 680. The third-order valence-electron chi connectivity index (χ3n) is 3.93. The third kappa shape index (κ3) is 2.52. The van der Waals surface area contributed by atoms with Crippen LogP contribution in [-0.4, -0.2) is 36.6 Å². The number of hydrogen-bond acceptors (Lipinski definition) is 5. The van der Waals surface area contributed by atoms with Crippen LogP contribution in [0.15, 0.2) is 24.3 Å². The molecule has 1 fully saturated rings. The van der Waals surface area contributed by atoms with E-state index in [9.17, 15) is 18.3 Å². The second kappa shape index (κ2) is 5.49. The van der Waals surface area contributed by atoms with Crippen molar-refractivity contribution in [3.05, 3.63) is 34.9 Å². The van der Waals surface area contributed by atoms with Crippen LogP contribution < -0.4 is 5.11 Å². The van der Waals surface area contributed by atoms with Gasteiger partial charge >= 0.3 is 10.3 Å². The van der Waals surface area contributed by atoms with Gasteiger partial charge in [0.1, 0.15) is 18.2 Å². The second-order valence-electron chi connectivity index (χ2n) is 6.29. The summed E-state index contributed by atoms with van der Waals surface area (Å²) in [5.41, 5.74) is -0.353. The van der Waals surface area contributed by atoms with Gasteiger partial charge in [0, 0.05) is 11.4 Å². The van der Waals surface area contributed by atoms with Crippen LogP contribution in [0, 0.1) is 0 Å². The Balaban J connectivity index is 2.50. The van der Waals surface area contributed by atoms with Gasteiger partial charge in [-0.2, -0.15) is 0 Å². The number of amides is 1. The topological polar surface area (TPSA) is 83.5 Å². The highest BCUT2D eigenvalue weighted by atomic mass is 35.5. The quantitative estimate of drug-likeness (QED) is 0.757. The van der Waals surface area contributed by atoms with E-state index in [4.69, 9.17) is 15.8 Å². The number of rotatable bonds is 2. The molecule has 0 spiro atoms. The molecular formula is C14H18ClNO5S. The zero-order chi connectivity index (χ0) is 16.8. The lowest BCUT2D eigenvalue weighted by molar-refractivity contribution is -0.824. The summed E-state index contributed by atoms with van der Waals surface area (Å²) in [5.74, 6) is 0. The third-order valence-corrected chi connectivity index (χ3v) is 6.31. The van der Waals surface area contributed by atoms with Crippen LogP contribution in [0.4, 0.5) is 4.79 Å². The van der Waals surface area contributed by atoms with Gasteiger partial charge in [0.05, 0.1) is 0 Å². The predicted molar refractivity (Wildman–Crippen MR) is 79.2 cm³/mol. The number of carbonyl (C=O) groups is 1. The molecule has 1 amide bonds. The number of benzene rings is 1. The van der Waals surface area contributed by atoms with Crippen molar-refractivity contribution in [2.45, 2.75) is 38.8 Å². The van der Waals surface area contributed by atoms with Gasteiger partial charge in [-0.15, -0.1) is 12.3 Å². The van der Waals surface area contributed by atoms with E-state index in [0.717, 1.165) is 5.56 Å².